The van der Waals surface area contributed by atoms with Crippen molar-refractivity contribution in [3.63, 3.8) is 0 Å². The highest BCUT2D eigenvalue weighted by Gasteiger charge is 2.31. The summed E-state index contributed by atoms with van der Waals surface area (Å²) in [6.07, 6.45) is 1.50. The first-order chi connectivity index (χ1) is 14.0. The summed E-state index contributed by atoms with van der Waals surface area (Å²) >= 11 is 0. The van der Waals surface area contributed by atoms with E-state index in [-0.39, 0.29) is 17.9 Å². The van der Waals surface area contributed by atoms with Gasteiger partial charge < -0.3 is 29.0 Å². The van der Waals surface area contributed by atoms with Crippen LogP contribution >= 0.6 is 0 Å². The zero-order valence-corrected chi connectivity index (χ0v) is 17.1. The lowest BCUT2D eigenvalue weighted by atomic mass is 10.1. The number of quaternary nitrogens is 1. The maximum atomic E-state index is 12.6. The van der Waals surface area contributed by atoms with Gasteiger partial charge in [-0.25, -0.2) is 0 Å². The van der Waals surface area contributed by atoms with Gasteiger partial charge in [-0.05, 0) is 36.8 Å². The Morgan fingerprint density at radius 3 is 2.52 bits per heavy atom. The molecule has 0 saturated carbocycles. The molecule has 2 N–H and O–H groups in total. The minimum atomic E-state index is -0.198. The van der Waals surface area contributed by atoms with E-state index in [4.69, 9.17) is 13.9 Å². The largest absolute Gasteiger partial charge is 0.493 e. The standard InChI is InChI=1S/C21H27N3O5/c1-15(20(25)22-14-16-6-7-17(27-2)19(13-16)28-3)23-8-10-24(11-9-23)21(26)18-5-4-12-29-18/h4-7,12-13,15H,8-11,14H2,1-3H3,(H,22,25)/p+1/t15-/m1/s1. The number of amides is 2. The molecule has 1 aromatic heterocycles. The molecule has 29 heavy (non-hydrogen) atoms. The number of benzene rings is 1. The normalized spacial score (nSPS) is 15.6. The van der Waals surface area contributed by atoms with Crippen molar-refractivity contribution in [1.82, 2.24) is 10.2 Å². The number of carbonyl (C=O) groups excluding carboxylic acids is 2. The Morgan fingerprint density at radius 1 is 1.17 bits per heavy atom. The van der Waals surface area contributed by atoms with Crippen molar-refractivity contribution in [2.45, 2.75) is 19.5 Å². The molecule has 1 aliphatic heterocycles. The maximum Gasteiger partial charge on any atom is 0.289 e. The van der Waals surface area contributed by atoms with Gasteiger partial charge in [-0.1, -0.05) is 6.07 Å². The second-order valence-electron chi connectivity index (χ2n) is 7.06. The van der Waals surface area contributed by atoms with Crippen LogP contribution in [0, 0.1) is 0 Å². The fourth-order valence-corrected chi connectivity index (χ4v) is 3.50. The molecule has 156 valence electrons. The highest BCUT2D eigenvalue weighted by molar-refractivity contribution is 5.91. The number of hydrogen-bond donors (Lipinski definition) is 2. The van der Waals surface area contributed by atoms with Crippen LogP contribution in [0.15, 0.2) is 41.0 Å². The van der Waals surface area contributed by atoms with E-state index in [0.29, 0.717) is 36.9 Å². The molecular formula is C21H28N3O5+. The number of nitrogens with one attached hydrogen (secondary N) is 2. The van der Waals surface area contributed by atoms with E-state index in [1.165, 1.54) is 11.2 Å². The molecule has 1 aliphatic rings. The minimum absolute atomic E-state index is 0.0133. The Bertz CT molecular complexity index is 829. The van der Waals surface area contributed by atoms with Gasteiger partial charge >= 0.3 is 0 Å². The third-order valence-electron chi connectivity index (χ3n) is 5.35. The average molecular weight is 402 g/mol. The highest BCUT2D eigenvalue weighted by Crippen LogP contribution is 2.27. The fourth-order valence-electron chi connectivity index (χ4n) is 3.50. The summed E-state index contributed by atoms with van der Waals surface area (Å²) < 4.78 is 15.7. The lowest BCUT2D eigenvalue weighted by Gasteiger charge is -2.34. The molecule has 1 saturated heterocycles. The van der Waals surface area contributed by atoms with E-state index in [1.54, 1.807) is 31.3 Å². The molecule has 1 atom stereocenters. The second kappa shape index (κ2) is 9.47. The van der Waals surface area contributed by atoms with E-state index < -0.39 is 0 Å². The van der Waals surface area contributed by atoms with Crippen molar-refractivity contribution in [3.8, 4) is 11.5 Å². The topological polar surface area (TPSA) is 85.5 Å². The van der Waals surface area contributed by atoms with Gasteiger partial charge in [0.15, 0.2) is 23.3 Å². The van der Waals surface area contributed by atoms with Crippen LogP contribution < -0.4 is 19.7 Å². The Labute approximate surface area is 170 Å². The van der Waals surface area contributed by atoms with Gasteiger partial charge in [0, 0.05) is 6.54 Å². The summed E-state index contributed by atoms with van der Waals surface area (Å²) in [6, 6.07) is 8.76. The third-order valence-corrected chi connectivity index (χ3v) is 5.35. The number of rotatable bonds is 7. The first-order valence-corrected chi connectivity index (χ1v) is 9.69. The number of methoxy groups -OCH3 is 2. The Kier molecular flexibility index (Phi) is 6.77. The van der Waals surface area contributed by atoms with Crippen molar-refractivity contribution in [1.29, 1.82) is 0 Å². The lowest BCUT2D eigenvalue weighted by Crippen LogP contribution is -3.19. The van der Waals surface area contributed by atoms with Crippen LogP contribution in [0.1, 0.15) is 23.0 Å². The van der Waals surface area contributed by atoms with Gasteiger partial charge in [0.25, 0.3) is 11.8 Å². The van der Waals surface area contributed by atoms with Crippen LogP contribution in [-0.2, 0) is 11.3 Å². The van der Waals surface area contributed by atoms with Gasteiger partial charge in [0.1, 0.15) is 0 Å². The zero-order valence-electron chi connectivity index (χ0n) is 17.1. The van der Waals surface area contributed by atoms with E-state index >= 15 is 0 Å². The van der Waals surface area contributed by atoms with Crippen molar-refractivity contribution >= 4 is 11.8 Å². The van der Waals surface area contributed by atoms with Gasteiger partial charge in [-0.15, -0.1) is 0 Å². The average Bonchev–Trinajstić information content (AvgIpc) is 3.31. The molecule has 1 aromatic carbocycles. The molecule has 8 nitrogen and oxygen atoms in total. The van der Waals surface area contributed by atoms with Gasteiger partial charge in [0.2, 0.25) is 0 Å². The number of furan rings is 1. The molecule has 0 spiro atoms. The van der Waals surface area contributed by atoms with Gasteiger partial charge in [-0.2, -0.15) is 0 Å². The smallest absolute Gasteiger partial charge is 0.289 e. The van der Waals surface area contributed by atoms with Crippen LogP contribution in [0.3, 0.4) is 0 Å². The van der Waals surface area contributed by atoms with Crippen LogP contribution in [0.5, 0.6) is 11.5 Å². The molecule has 8 heteroatoms. The van der Waals surface area contributed by atoms with Crippen LogP contribution in [0.25, 0.3) is 0 Å². The number of ether oxygens (including phenoxy) is 2. The van der Waals surface area contributed by atoms with Crippen LogP contribution in [0.2, 0.25) is 0 Å². The summed E-state index contributed by atoms with van der Waals surface area (Å²) in [7, 11) is 3.17. The summed E-state index contributed by atoms with van der Waals surface area (Å²) in [5.41, 5.74) is 0.937. The fraction of sp³-hybridized carbons (Fsp3) is 0.429. The first kappa shape index (κ1) is 20.7. The number of nitrogens with zero attached hydrogens (tertiary/aromatic N) is 1. The molecule has 0 unspecified atom stereocenters. The number of piperazine rings is 1. The van der Waals surface area contributed by atoms with Crippen molar-refractivity contribution < 1.29 is 28.4 Å². The monoisotopic (exact) mass is 402 g/mol. The molecule has 2 amide bonds. The second-order valence-corrected chi connectivity index (χ2v) is 7.06. The predicted octanol–water partition coefficient (Wildman–Crippen LogP) is 0.342. The minimum Gasteiger partial charge on any atom is -0.493 e. The number of hydrogen-bond acceptors (Lipinski definition) is 5. The predicted molar refractivity (Wildman–Crippen MR) is 106 cm³/mol. The van der Waals surface area contributed by atoms with E-state index in [9.17, 15) is 9.59 Å². The Balaban J connectivity index is 1.49. The van der Waals surface area contributed by atoms with Crippen LogP contribution in [-0.4, -0.2) is 63.2 Å². The van der Waals surface area contributed by atoms with E-state index in [1.807, 2.05) is 25.1 Å². The highest BCUT2D eigenvalue weighted by atomic mass is 16.5. The molecule has 2 heterocycles. The van der Waals surface area contributed by atoms with Gasteiger partial charge in [-0.3, -0.25) is 9.59 Å². The Morgan fingerprint density at radius 2 is 1.90 bits per heavy atom. The molecular weight excluding hydrogens is 374 g/mol. The van der Waals surface area contributed by atoms with Crippen molar-refractivity contribution in [3.05, 3.63) is 47.9 Å². The van der Waals surface area contributed by atoms with E-state index in [0.717, 1.165) is 18.7 Å². The van der Waals surface area contributed by atoms with Crippen LogP contribution in [0.4, 0.5) is 0 Å². The summed E-state index contributed by atoms with van der Waals surface area (Å²) in [6.45, 7) is 4.97. The molecule has 0 radical (unpaired) electrons. The summed E-state index contributed by atoms with van der Waals surface area (Å²) in [5, 5.41) is 2.99. The van der Waals surface area contributed by atoms with E-state index in [2.05, 4.69) is 5.32 Å². The molecule has 1 fully saturated rings. The summed E-state index contributed by atoms with van der Waals surface area (Å²) in [4.78, 5) is 27.9. The molecule has 2 aromatic rings. The third kappa shape index (κ3) is 4.89. The van der Waals surface area contributed by atoms with Crippen molar-refractivity contribution in [2.24, 2.45) is 0 Å². The molecule has 0 aliphatic carbocycles. The molecule has 0 bridgehead atoms. The lowest BCUT2D eigenvalue weighted by molar-refractivity contribution is -0.917. The first-order valence-electron chi connectivity index (χ1n) is 9.69. The van der Waals surface area contributed by atoms with Gasteiger partial charge in [0.05, 0.1) is 46.7 Å². The zero-order chi connectivity index (χ0) is 20.8. The van der Waals surface area contributed by atoms with Crippen molar-refractivity contribution in [2.75, 3.05) is 40.4 Å². The summed E-state index contributed by atoms with van der Waals surface area (Å²) in [5.74, 6) is 1.53. The Hall–Kier alpha value is -3.00. The maximum absolute atomic E-state index is 12.6. The SMILES string of the molecule is COc1ccc(CNC(=O)[C@@H](C)[NH+]2CCN(C(=O)c3ccco3)CC2)cc1OC. The quantitative estimate of drug-likeness (QED) is 0.698. The number of carbonyl (C=O) groups is 2. The molecule has 3 rings (SSSR count).